The molecule has 0 spiro atoms. The monoisotopic (exact) mass is 419 g/mol. The third kappa shape index (κ3) is 3.54. The Morgan fingerprint density at radius 3 is 2.90 bits per heavy atom. The van der Waals surface area contributed by atoms with E-state index < -0.39 is 0 Å². The van der Waals surface area contributed by atoms with Crippen LogP contribution in [0.15, 0.2) is 35.6 Å². The van der Waals surface area contributed by atoms with Gasteiger partial charge in [-0.1, -0.05) is 0 Å². The zero-order valence-corrected chi connectivity index (χ0v) is 18.1. The SMILES string of the molecule is Cc1cc2ncnn2cc1Nc1ncc2c(n1)c(C1CCOC(C)(C)C1)cc(=O)n2C. The number of hydrogen-bond acceptors (Lipinski definition) is 7. The van der Waals surface area contributed by atoms with Crippen LogP contribution in [0.1, 0.15) is 43.7 Å². The highest BCUT2D eigenvalue weighted by Gasteiger charge is 2.31. The molecule has 9 heteroatoms. The van der Waals surface area contributed by atoms with Crippen molar-refractivity contribution in [2.75, 3.05) is 11.9 Å². The quantitative estimate of drug-likeness (QED) is 0.545. The Morgan fingerprint density at radius 2 is 2.10 bits per heavy atom. The second kappa shape index (κ2) is 7.12. The van der Waals surface area contributed by atoms with Gasteiger partial charge in [-0.15, -0.1) is 0 Å². The Bertz CT molecular complexity index is 1360. The number of rotatable bonds is 3. The van der Waals surface area contributed by atoms with E-state index in [1.165, 1.54) is 6.33 Å². The van der Waals surface area contributed by atoms with E-state index in [9.17, 15) is 4.79 Å². The third-order valence-electron chi connectivity index (χ3n) is 6.02. The normalized spacial score (nSPS) is 18.5. The highest BCUT2D eigenvalue weighted by molar-refractivity contribution is 5.80. The molecule has 4 aromatic rings. The van der Waals surface area contributed by atoms with Crippen molar-refractivity contribution in [1.29, 1.82) is 0 Å². The summed E-state index contributed by atoms with van der Waals surface area (Å²) in [7, 11) is 1.75. The summed E-state index contributed by atoms with van der Waals surface area (Å²) in [4.78, 5) is 26.1. The van der Waals surface area contributed by atoms with Crippen molar-refractivity contribution in [3.63, 3.8) is 0 Å². The van der Waals surface area contributed by atoms with Gasteiger partial charge in [0.2, 0.25) is 5.95 Å². The molecule has 0 aliphatic carbocycles. The molecule has 1 unspecified atom stereocenters. The van der Waals surface area contributed by atoms with Gasteiger partial charge in [-0.2, -0.15) is 5.10 Å². The van der Waals surface area contributed by atoms with Gasteiger partial charge in [0.15, 0.2) is 5.65 Å². The molecule has 0 aromatic carbocycles. The number of hydrogen-bond donors (Lipinski definition) is 1. The Kier molecular flexibility index (Phi) is 4.51. The van der Waals surface area contributed by atoms with Crippen LogP contribution >= 0.6 is 0 Å². The summed E-state index contributed by atoms with van der Waals surface area (Å²) in [5.74, 6) is 0.678. The predicted molar refractivity (Wildman–Crippen MR) is 118 cm³/mol. The molecular weight excluding hydrogens is 394 g/mol. The molecule has 5 rings (SSSR count). The van der Waals surface area contributed by atoms with Crippen LogP contribution in [-0.4, -0.2) is 41.3 Å². The molecule has 0 saturated carbocycles. The van der Waals surface area contributed by atoms with Gasteiger partial charge in [-0.05, 0) is 56.7 Å². The van der Waals surface area contributed by atoms with E-state index in [1.807, 2.05) is 19.2 Å². The maximum atomic E-state index is 12.6. The van der Waals surface area contributed by atoms with Gasteiger partial charge in [0, 0.05) is 19.7 Å². The van der Waals surface area contributed by atoms with Crippen LogP contribution in [-0.2, 0) is 11.8 Å². The zero-order chi connectivity index (χ0) is 21.8. The summed E-state index contributed by atoms with van der Waals surface area (Å²) < 4.78 is 9.19. The molecule has 160 valence electrons. The second-order valence-corrected chi connectivity index (χ2v) is 8.78. The molecule has 5 heterocycles. The third-order valence-corrected chi connectivity index (χ3v) is 6.02. The van der Waals surface area contributed by atoms with E-state index in [0.717, 1.165) is 46.3 Å². The number of aromatic nitrogens is 6. The second-order valence-electron chi connectivity index (χ2n) is 8.78. The van der Waals surface area contributed by atoms with Gasteiger partial charge >= 0.3 is 0 Å². The standard InChI is InChI=1S/C22H25N7O2/c1-13-7-18-24-12-25-29(18)11-16(13)26-21-23-10-17-20(27-21)15(8-19(30)28(17)4)14-5-6-31-22(2,3)9-14/h7-8,10-12,14H,5-6,9H2,1-4H3,(H,23,26,27). The topological polar surface area (TPSA) is 99.2 Å². The molecule has 1 fully saturated rings. The van der Waals surface area contributed by atoms with E-state index in [2.05, 4.69) is 34.2 Å². The number of nitrogens with one attached hydrogen (secondary N) is 1. The van der Waals surface area contributed by atoms with Crippen LogP contribution in [0.2, 0.25) is 0 Å². The van der Waals surface area contributed by atoms with E-state index in [-0.39, 0.29) is 17.1 Å². The first kappa shape index (κ1) is 19.6. The molecular formula is C22H25N7O2. The first-order valence-electron chi connectivity index (χ1n) is 10.4. The minimum atomic E-state index is -0.227. The van der Waals surface area contributed by atoms with Crippen molar-refractivity contribution in [2.45, 2.75) is 45.1 Å². The summed E-state index contributed by atoms with van der Waals surface area (Å²) >= 11 is 0. The van der Waals surface area contributed by atoms with Crippen LogP contribution in [0.3, 0.4) is 0 Å². The van der Waals surface area contributed by atoms with E-state index in [0.29, 0.717) is 12.6 Å². The van der Waals surface area contributed by atoms with E-state index in [4.69, 9.17) is 9.72 Å². The summed E-state index contributed by atoms with van der Waals surface area (Å²) in [5, 5.41) is 7.50. The fourth-order valence-electron chi connectivity index (χ4n) is 4.33. The summed E-state index contributed by atoms with van der Waals surface area (Å²) in [6.07, 6.45) is 6.80. The van der Waals surface area contributed by atoms with Crippen molar-refractivity contribution in [1.82, 2.24) is 29.1 Å². The fourth-order valence-corrected chi connectivity index (χ4v) is 4.33. The van der Waals surface area contributed by atoms with Gasteiger partial charge in [-0.3, -0.25) is 4.79 Å². The number of ether oxygens (including phenoxy) is 1. The van der Waals surface area contributed by atoms with E-state index >= 15 is 0 Å². The number of aryl methyl sites for hydroxylation is 2. The number of fused-ring (bicyclic) bond motifs is 2. The summed E-state index contributed by atoms with van der Waals surface area (Å²) in [6.45, 7) is 6.85. The van der Waals surface area contributed by atoms with E-state index in [1.54, 1.807) is 28.4 Å². The first-order chi connectivity index (χ1) is 14.8. The maximum Gasteiger partial charge on any atom is 0.251 e. The summed E-state index contributed by atoms with van der Waals surface area (Å²) in [5.41, 5.74) is 4.83. The largest absolute Gasteiger partial charge is 0.376 e. The fraction of sp³-hybridized carbons (Fsp3) is 0.409. The number of anilines is 2. The lowest BCUT2D eigenvalue weighted by Gasteiger charge is -2.36. The molecule has 0 amide bonds. The van der Waals surface area contributed by atoms with Crippen molar-refractivity contribution >= 4 is 28.3 Å². The van der Waals surface area contributed by atoms with Crippen LogP contribution in [0.5, 0.6) is 0 Å². The summed E-state index contributed by atoms with van der Waals surface area (Å²) in [6, 6.07) is 3.67. The lowest BCUT2D eigenvalue weighted by molar-refractivity contribution is -0.0591. The van der Waals surface area contributed by atoms with Gasteiger partial charge in [0.05, 0.1) is 34.7 Å². The molecule has 1 saturated heterocycles. The molecule has 1 atom stereocenters. The molecule has 1 aliphatic heterocycles. The number of pyridine rings is 2. The molecule has 0 radical (unpaired) electrons. The molecule has 31 heavy (non-hydrogen) atoms. The number of nitrogens with zero attached hydrogens (tertiary/aromatic N) is 6. The Hall–Kier alpha value is -3.33. The zero-order valence-electron chi connectivity index (χ0n) is 18.1. The van der Waals surface area contributed by atoms with Crippen molar-refractivity contribution in [2.24, 2.45) is 7.05 Å². The lowest BCUT2D eigenvalue weighted by Crippen LogP contribution is -2.33. The van der Waals surface area contributed by atoms with Gasteiger partial charge < -0.3 is 14.6 Å². The van der Waals surface area contributed by atoms with Crippen LogP contribution in [0.4, 0.5) is 11.6 Å². The molecule has 1 N–H and O–H groups in total. The first-order valence-corrected chi connectivity index (χ1v) is 10.4. The average Bonchev–Trinajstić information content (AvgIpc) is 3.17. The highest BCUT2D eigenvalue weighted by Crippen LogP contribution is 2.37. The Morgan fingerprint density at radius 1 is 1.26 bits per heavy atom. The van der Waals surface area contributed by atoms with Crippen molar-refractivity contribution in [3.05, 3.63) is 52.3 Å². The predicted octanol–water partition coefficient (Wildman–Crippen LogP) is 3.10. The van der Waals surface area contributed by atoms with Crippen LogP contribution in [0.25, 0.3) is 16.7 Å². The van der Waals surface area contributed by atoms with Gasteiger partial charge in [-0.25, -0.2) is 19.5 Å². The van der Waals surface area contributed by atoms with Crippen molar-refractivity contribution < 1.29 is 4.74 Å². The smallest absolute Gasteiger partial charge is 0.251 e. The lowest BCUT2D eigenvalue weighted by atomic mass is 9.83. The minimum absolute atomic E-state index is 0.0522. The Labute approximate surface area is 179 Å². The minimum Gasteiger partial charge on any atom is -0.376 e. The van der Waals surface area contributed by atoms with Crippen LogP contribution in [0, 0.1) is 6.92 Å². The van der Waals surface area contributed by atoms with Crippen molar-refractivity contribution in [3.8, 4) is 0 Å². The highest BCUT2D eigenvalue weighted by atomic mass is 16.5. The van der Waals surface area contributed by atoms with Gasteiger partial charge in [0.1, 0.15) is 6.33 Å². The molecule has 1 aliphatic rings. The average molecular weight is 419 g/mol. The van der Waals surface area contributed by atoms with Crippen LogP contribution < -0.4 is 10.9 Å². The Balaban J connectivity index is 1.60. The van der Waals surface area contributed by atoms with Gasteiger partial charge in [0.25, 0.3) is 5.56 Å². The molecule has 9 nitrogen and oxygen atoms in total. The molecule has 0 bridgehead atoms. The molecule has 4 aromatic heterocycles. The maximum absolute atomic E-state index is 12.6.